The molecule has 0 saturated carbocycles. The number of rotatable bonds is 4. The van der Waals surface area contributed by atoms with Gasteiger partial charge in [0.1, 0.15) is 0 Å². The quantitative estimate of drug-likeness (QED) is 0.873. The van der Waals surface area contributed by atoms with E-state index in [4.69, 9.17) is 5.11 Å². The van der Waals surface area contributed by atoms with E-state index in [-0.39, 0.29) is 11.8 Å². The number of carboxylic acids is 1. The normalized spacial score (nSPS) is 14.9. The number of amides is 1. The molecule has 0 spiro atoms. The molecule has 2 aromatic rings. The second-order valence-corrected chi connectivity index (χ2v) is 6.82. The number of aryl methyl sites for hydroxylation is 1. The van der Waals surface area contributed by atoms with E-state index in [2.05, 4.69) is 25.2 Å². The van der Waals surface area contributed by atoms with Gasteiger partial charge in [-0.3, -0.25) is 9.59 Å². The molecule has 3 rings (SSSR count). The molecule has 136 valence electrons. The molecule has 0 radical (unpaired) electrons. The Morgan fingerprint density at radius 2 is 1.65 bits per heavy atom. The minimum absolute atomic E-state index is 0.0535. The van der Waals surface area contributed by atoms with Crippen molar-refractivity contribution in [2.45, 2.75) is 26.7 Å². The predicted octanol–water partition coefficient (Wildman–Crippen LogP) is 3.98. The number of carboxylic acid groups (broad SMARTS) is 1. The Morgan fingerprint density at radius 1 is 1.00 bits per heavy atom. The first-order valence-electron chi connectivity index (χ1n) is 8.91. The Morgan fingerprint density at radius 3 is 2.35 bits per heavy atom. The number of para-hydroxylation sites is 1. The average molecular weight is 352 g/mol. The van der Waals surface area contributed by atoms with Gasteiger partial charge in [0.2, 0.25) is 0 Å². The van der Waals surface area contributed by atoms with E-state index in [1.807, 2.05) is 36.4 Å². The van der Waals surface area contributed by atoms with Gasteiger partial charge in [-0.25, -0.2) is 0 Å². The topological polar surface area (TPSA) is 69.6 Å². The summed E-state index contributed by atoms with van der Waals surface area (Å²) >= 11 is 0. The van der Waals surface area contributed by atoms with E-state index in [0.717, 1.165) is 16.9 Å². The van der Waals surface area contributed by atoms with Crippen LogP contribution >= 0.6 is 0 Å². The van der Waals surface area contributed by atoms with Gasteiger partial charge in [0.25, 0.3) is 5.91 Å². The molecule has 1 saturated heterocycles. The number of hydrogen-bond acceptors (Lipinski definition) is 3. The number of nitrogens with zero attached hydrogens (tertiary/aromatic N) is 1. The van der Waals surface area contributed by atoms with Crippen molar-refractivity contribution in [2.75, 3.05) is 18.4 Å². The van der Waals surface area contributed by atoms with Crippen molar-refractivity contribution < 1.29 is 14.7 Å². The van der Waals surface area contributed by atoms with Crippen molar-refractivity contribution in [3.63, 3.8) is 0 Å². The molecule has 5 nitrogen and oxygen atoms in total. The molecule has 26 heavy (non-hydrogen) atoms. The van der Waals surface area contributed by atoms with Crippen LogP contribution in [0.15, 0.2) is 42.5 Å². The minimum Gasteiger partial charge on any atom is -0.481 e. The van der Waals surface area contributed by atoms with Crippen LogP contribution in [0.5, 0.6) is 0 Å². The summed E-state index contributed by atoms with van der Waals surface area (Å²) in [6, 6.07) is 13.5. The van der Waals surface area contributed by atoms with Crippen LogP contribution in [0.4, 0.5) is 11.4 Å². The number of nitrogens with one attached hydrogen (secondary N) is 1. The lowest BCUT2D eigenvalue weighted by Gasteiger charge is -2.30. The molecule has 5 heteroatoms. The van der Waals surface area contributed by atoms with E-state index in [1.165, 1.54) is 5.56 Å². The fraction of sp³-hybridized carbons (Fsp3) is 0.333. The number of carbonyl (C=O) groups excluding carboxylic acids is 1. The number of aliphatic carboxylic acids is 1. The Balaban J connectivity index is 1.80. The lowest BCUT2D eigenvalue weighted by molar-refractivity contribution is -0.143. The van der Waals surface area contributed by atoms with Crippen molar-refractivity contribution >= 4 is 23.3 Å². The van der Waals surface area contributed by atoms with Gasteiger partial charge in [-0.1, -0.05) is 24.3 Å². The molecule has 2 aromatic carbocycles. The highest BCUT2D eigenvalue weighted by Crippen LogP contribution is 2.27. The summed E-state index contributed by atoms with van der Waals surface area (Å²) in [7, 11) is 0. The first-order valence-corrected chi connectivity index (χ1v) is 8.91. The van der Waals surface area contributed by atoms with Gasteiger partial charge in [-0.05, 0) is 56.0 Å². The van der Waals surface area contributed by atoms with Crippen molar-refractivity contribution in [1.29, 1.82) is 0 Å². The highest BCUT2D eigenvalue weighted by Gasteiger charge is 2.28. The number of piperidine rings is 1. The van der Waals surface area contributed by atoms with Crippen LogP contribution < -0.4 is 5.32 Å². The zero-order chi connectivity index (χ0) is 18.7. The Hall–Kier alpha value is -2.82. The monoisotopic (exact) mass is 352 g/mol. The second-order valence-electron chi connectivity index (χ2n) is 6.82. The molecule has 1 heterocycles. The van der Waals surface area contributed by atoms with Crippen LogP contribution in [0.3, 0.4) is 0 Å². The smallest absolute Gasteiger partial charge is 0.306 e. The Kier molecular flexibility index (Phi) is 5.26. The lowest BCUT2D eigenvalue weighted by Crippen LogP contribution is -2.40. The molecule has 0 aromatic heterocycles. The first-order chi connectivity index (χ1) is 12.5. The largest absolute Gasteiger partial charge is 0.481 e. The van der Waals surface area contributed by atoms with E-state index in [1.54, 1.807) is 4.90 Å². The molecule has 0 aliphatic carbocycles. The molecule has 0 bridgehead atoms. The summed E-state index contributed by atoms with van der Waals surface area (Å²) < 4.78 is 0. The predicted molar refractivity (Wildman–Crippen MR) is 102 cm³/mol. The zero-order valence-corrected chi connectivity index (χ0v) is 15.2. The second kappa shape index (κ2) is 7.60. The Labute approximate surface area is 153 Å². The van der Waals surface area contributed by atoms with E-state index < -0.39 is 5.97 Å². The van der Waals surface area contributed by atoms with Crippen molar-refractivity contribution in [1.82, 2.24) is 4.90 Å². The van der Waals surface area contributed by atoms with Crippen molar-refractivity contribution in [2.24, 2.45) is 5.92 Å². The van der Waals surface area contributed by atoms with Gasteiger partial charge in [-0.2, -0.15) is 0 Å². The van der Waals surface area contributed by atoms with E-state index >= 15 is 0 Å². The summed E-state index contributed by atoms with van der Waals surface area (Å²) in [5.74, 6) is -1.17. The third kappa shape index (κ3) is 3.72. The zero-order valence-electron chi connectivity index (χ0n) is 15.2. The molecule has 0 atom stereocenters. The SMILES string of the molecule is Cc1cccc(Nc2ccccc2C(=O)N2CCC(C(=O)O)CC2)c1C. The number of benzene rings is 2. The third-order valence-electron chi connectivity index (χ3n) is 5.16. The van der Waals surface area contributed by atoms with Crippen LogP contribution in [0.25, 0.3) is 0 Å². The van der Waals surface area contributed by atoms with Crippen LogP contribution in [-0.2, 0) is 4.79 Å². The summed E-state index contributed by atoms with van der Waals surface area (Å²) in [6.07, 6.45) is 1.02. The Bertz CT molecular complexity index is 824. The van der Waals surface area contributed by atoms with Crippen LogP contribution in [0, 0.1) is 19.8 Å². The molecule has 2 N–H and O–H groups in total. The fourth-order valence-electron chi connectivity index (χ4n) is 3.31. The fourth-order valence-corrected chi connectivity index (χ4v) is 3.31. The maximum atomic E-state index is 13.0. The van der Waals surface area contributed by atoms with Gasteiger partial charge in [0.15, 0.2) is 0 Å². The summed E-state index contributed by atoms with van der Waals surface area (Å²) in [6.45, 7) is 5.07. The van der Waals surface area contributed by atoms with Crippen molar-refractivity contribution in [3.8, 4) is 0 Å². The molecule has 1 fully saturated rings. The number of carbonyl (C=O) groups is 2. The maximum absolute atomic E-state index is 13.0. The van der Waals surface area contributed by atoms with Gasteiger partial charge in [0, 0.05) is 18.8 Å². The molecule has 1 aliphatic heterocycles. The lowest BCUT2D eigenvalue weighted by atomic mass is 9.96. The van der Waals surface area contributed by atoms with Crippen LogP contribution in [0.1, 0.15) is 34.3 Å². The van der Waals surface area contributed by atoms with Gasteiger partial charge < -0.3 is 15.3 Å². The van der Waals surface area contributed by atoms with Crippen molar-refractivity contribution in [3.05, 3.63) is 59.2 Å². The standard InChI is InChI=1S/C21H24N2O3/c1-14-6-5-9-18(15(14)2)22-19-8-4-3-7-17(19)20(24)23-12-10-16(11-13-23)21(25)26/h3-9,16,22H,10-13H2,1-2H3,(H,25,26). The van der Waals surface area contributed by atoms with E-state index in [0.29, 0.717) is 31.5 Å². The molecule has 1 amide bonds. The third-order valence-corrected chi connectivity index (χ3v) is 5.16. The number of likely N-dealkylation sites (tertiary alicyclic amines) is 1. The van der Waals surface area contributed by atoms with Gasteiger partial charge >= 0.3 is 5.97 Å². The van der Waals surface area contributed by atoms with Crippen LogP contribution in [0.2, 0.25) is 0 Å². The van der Waals surface area contributed by atoms with E-state index in [9.17, 15) is 9.59 Å². The molecule has 1 aliphatic rings. The molecule has 0 unspecified atom stereocenters. The average Bonchev–Trinajstić information content (AvgIpc) is 2.65. The van der Waals surface area contributed by atoms with Gasteiger partial charge in [0.05, 0.1) is 17.2 Å². The maximum Gasteiger partial charge on any atom is 0.306 e. The summed E-state index contributed by atoms with van der Waals surface area (Å²) in [5, 5.41) is 12.5. The summed E-state index contributed by atoms with van der Waals surface area (Å²) in [4.78, 5) is 25.8. The minimum atomic E-state index is -0.769. The van der Waals surface area contributed by atoms with Crippen LogP contribution in [-0.4, -0.2) is 35.0 Å². The van der Waals surface area contributed by atoms with Gasteiger partial charge in [-0.15, -0.1) is 0 Å². The number of anilines is 2. The molecular formula is C21H24N2O3. The number of hydrogen-bond donors (Lipinski definition) is 2. The molecular weight excluding hydrogens is 328 g/mol. The first kappa shape index (κ1) is 18.0. The highest BCUT2D eigenvalue weighted by atomic mass is 16.4. The summed E-state index contributed by atoms with van der Waals surface area (Å²) in [5.41, 5.74) is 4.70. The highest BCUT2D eigenvalue weighted by molar-refractivity contribution is 6.00.